The zero-order chi connectivity index (χ0) is 16.9. The lowest BCUT2D eigenvalue weighted by atomic mass is 10.2. The van der Waals surface area contributed by atoms with E-state index in [0.717, 1.165) is 50.0 Å². The van der Waals surface area contributed by atoms with Gasteiger partial charge < -0.3 is 20.1 Å². The number of aliphatic imine (C=N–C) groups is 1. The van der Waals surface area contributed by atoms with Gasteiger partial charge in [-0.25, -0.2) is 4.99 Å². The van der Waals surface area contributed by atoms with Gasteiger partial charge in [0, 0.05) is 31.9 Å². The molecule has 0 unspecified atom stereocenters. The second kappa shape index (κ2) is 14.3. The van der Waals surface area contributed by atoms with Crippen molar-refractivity contribution in [1.82, 2.24) is 10.6 Å². The topological polar surface area (TPSA) is 54.9 Å². The van der Waals surface area contributed by atoms with E-state index < -0.39 is 0 Å². The van der Waals surface area contributed by atoms with Crippen molar-refractivity contribution in [2.75, 3.05) is 33.4 Å². The Bertz CT molecular complexity index is 467. The molecule has 0 spiro atoms. The van der Waals surface area contributed by atoms with E-state index in [1.807, 2.05) is 24.3 Å². The van der Waals surface area contributed by atoms with Crippen LogP contribution in [0, 0.1) is 5.92 Å². The molecule has 0 aliphatic carbocycles. The molecule has 0 saturated carbocycles. The summed E-state index contributed by atoms with van der Waals surface area (Å²) in [6, 6.07) is 7.95. The van der Waals surface area contributed by atoms with Crippen LogP contribution in [0.1, 0.15) is 32.8 Å². The number of para-hydroxylation sites is 1. The highest BCUT2D eigenvalue weighted by Gasteiger charge is 2.02. The van der Waals surface area contributed by atoms with Crippen molar-refractivity contribution in [3.63, 3.8) is 0 Å². The van der Waals surface area contributed by atoms with Gasteiger partial charge in [0.1, 0.15) is 5.75 Å². The van der Waals surface area contributed by atoms with Crippen LogP contribution in [0.4, 0.5) is 0 Å². The molecule has 0 aromatic heterocycles. The van der Waals surface area contributed by atoms with Crippen LogP contribution in [0.2, 0.25) is 0 Å². The van der Waals surface area contributed by atoms with Gasteiger partial charge in [0.05, 0.1) is 13.7 Å². The van der Waals surface area contributed by atoms with E-state index in [4.69, 9.17) is 9.47 Å². The van der Waals surface area contributed by atoms with Crippen molar-refractivity contribution in [2.24, 2.45) is 10.9 Å². The molecule has 0 bridgehead atoms. The van der Waals surface area contributed by atoms with Crippen molar-refractivity contribution in [3.8, 4) is 5.75 Å². The molecule has 2 N–H and O–H groups in total. The van der Waals surface area contributed by atoms with Gasteiger partial charge in [-0.1, -0.05) is 32.0 Å². The normalized spacial score (nSPS) is 11.1. The molecule has 0 aliphatic heterocycles. The number of ether oxygens (including phenoxy) is 2. The van der Waals surface area contributed by atoms with Crippen LogP contribution in [0.15, 0.2) is 29.3 Å². The highest BCUT2D eigenvalue weighted by atomic mass is 127. The minimum Gasteiger partial charge on any atom is -0.496 e. The minimum absolute atomic E-state index is 0. The average molecular weight is 449 g/mol. The number of rotatable bonds is 10. The summed E-state index contributed by atoms with van der Waals surface area (Å²) < 4.78 is 10.9. The highest BCUT2D eigenvalue weighted by Crippen LogP contribution is 2.17. The van der Waals surface area contributed by atoms with Gasteiger partial charge in [0.25, 0.3) is 0 Å². The number of nitrogens with zero attached hydrogens (tertiary/aromatic N) is 1. The van der Waals surface area contributed by atoms with E-state index in [2.05, 4.69) is 36.4 Å². The molecule has 138 valence electrons. The first-order valence-electron chi connectivity index (χ1n) is 8.39. The summed E-state index contributed by atoms with van der Waals surface area (Å²) in [6.07, 6.45) is 0.964. The molecule has 0 amide bonds. The van der Waals surface area contributed by atoms with Crippen LogP contribution in [-0.4, -0.2) is 39.4 Å². The molecule has 0 aliphatic rings. The zero-order valence-corrected chi connectivity index (χ0v) is 17.6. The maximum Gasteiger partial charge on any atom is 0.191 e. The Morgan fingerprint density at radius 1 is 1.21 bits per heavy atom. The quantitative estimate of drug-likeness (QED) is 0.249. The van der Waals surface area contributed by atoms with Crippen LogP contribution >= 0.6 is 24.0 Å². The second-order valence-electron chi connectivity index (χ2n) is 5.76. The standard InChI is InChI=1S/C18H31N3O2.HI/c1-5-19-18(20-11-8-12-23-14-15(2)3)21-13-16-9-6-7-10-17(16)22-4;/h6-7,9-10,15H,5,8,11-14H2,1-4H3,(H2,19,20,21);1H. The number of benzene rings is 1. The predicted molar refractivity (Wildman–Crippen MR) is 112 cm³/mol. The Balaban J connectivity index is 0.00000529. The van der Waals surface area contributed by atoms with E-state index in [1.54, 1.807) is 7.11 Å². The lowest BCUT2D eigenvalue weighted by Crippen LogP contribution is -2.38. The molecular weight excluding hydrogens is 417 g/mol. The molecular formula is C18H32IN3O2. The van der Waals surface area contributed by atoms with E-state index in [-0.39, 0.29) is 24.0 Å². The number of methoxy groups -OCH3 is 1. The van der Waals surface area contributed by atoms with Gasteiger partial charge in [-0.15, -0.1) is 24.0 Å². The van der Waals surface area contributed by atoms with Crippen LogP contribution in [-0.2, 0) is 11.3 Å². The van der Waals surface area contributed by atoms with Gasteiger partial charge in [-0.2, -0.15) is 0 Å². The molecule has 6 heteroatoms. The molecule has 0 atom stereocenters. The van der Waals surface area contributed by atoms with Gasteiger partial charge in [0.2, 0.25) is 0 Å². The van der Waals surface area contributed by atoms with Gasteiger partial charge in [0.15, 0.2) is 5.96 Å². The Kier molecular flexibility index (Phi) is 13.7. The Labute approximate surface area is 163 Å². The number of guanidine groups is 1. The van der Waals surface area contributed by atoms with Crippen LogP contribution in [0.5, 0.6) is 5.75 Å². The largest absolute Gasteiger partial charge is 0.496 e. The first-order chi connectivity index (χ1) is 11.2. The fourth-order valence-electron chi connectivity index (χ4n) is 2.04. The third-order valence-corrected chi connectivity index (χ3v) is 3.15. The summed E-state index contributed by atoms with van der Waals surface area (Å²) in [7, 11) is 1.68. The summed E-state index contributed by atoms with van der Waals surface area (Å²) in [5.41, 5.74) is 1.08. The SMILES string of the molecule is CCNC(=NCc1ccccc1OC)NCCCOCC(C)C.I. The Morgan fingerprint density at radius 3 is 2.62 bits per heavy atom. The van der Waals surface area contributed by atoms with E-state index in [0.29, 0.717) is 12.5 Å². The van der Waals surface area contributed by atoms with Gasteiger partial charge in [-0.05, 0) is 25.3 Å². The van der Waals surface area contributed by atoms with Crippen LogP contribution < -0.4 is 15.4 Å². The Morgan fingerprint density at radius 2 is 1.96 bits per heavy atom. The molecule has 5 nitrogen and oxygen atoms in total. The Hall–Kier alpha value is -1.02. The molecule has 1 rings (SSSR count). The summed E-state index contributed by atoms with van der Waals surface area (Å²) >= 11 is 0. The molecule has 0 fully saturated rings. The molecule has 24 heavy (non-hydrogen) atoms. The summed E-state index contributed by atoms with van der Waals surface area (Å²) in [5.74, 6) is 2.28. The smallest absolute Gasteiger partial charge is 0.191 e. The van der Waals surface area contributed by atoms with E-state index in [1.165, 1.54) is 0 Å². The summed E-state index contributed by atoms with van der Waals surface area (Å²) in [6.45, 7) is 10.2. The highest BCUT2D eigenvalue weighted by molar-refractivity contribution is 14.0. The van der Waals surface area contributed by atoms with Crippen molar-refractivity contribution in [3.05, 3.63) is 29.8 Å². The number of hydrogen-bond acceptors (Lipinski definition) is 3. The maximum atomic E-state index is 5.58. The number of nitrogens with one attached hydrogen (secondary N) is 2. The second-order valence-corrected chi connectivity index (χ2v) is 5.76. The molecule has 0 radical (unpaired) electrons. The zero-order valence-electron chi connectivity index (χ0n) is 15.3. The number of hydrogen-bond donors (Lipinski definition) is 2. The van der Waals surface area contributed by atoms with Crippen molar-refractivity contribution in [2.45, 2.75) is 33.7 Å². The van der Waals surface area contributed by atoms with Crippen LogP contribution in [0.25, 0.3) is 0 Å². The fourth-order valence-corrected chi connectivity index (χ4v) is 2.04. The third-order valence-electron chi connectivity index (χ3n) is 3.15. The molecule has 0 saturated heterocycles. The van der Waals surface area contributed by atoms with Crippen molar-refractivity contribution < 1.29 is 9.47 Å². The average Bonchev–Trinajstić information content (AvgIpc) is 2.55. The first kappa shape index (κ1) is 23.0. The summed E-state index contributed by atoms with van der Waals surface area (Å²) in [4.78, 5) is 4.61. The van der Waals surface area contributed by atoms with Gasteiger partial charge in [-0.3, -0.25) is 0 Å². The van der Waals surface area contributed by atoms with Crippen molar-refractivity contribution in [1.29, 1.82) is 0 Å². The lowest BCUT2D eigenvalue weighted by molar-refractivity contribution is 0.108. The fraction of sp³-hybridized carbons (Fsp3) is 0.611. The third kappa shape index (κ3) is 9.97. The molecule has 0 heterocycles. The van der Waals surface area contributed by atoms with E-state index in [9.17, 15) is 0 Å². The summed E-state index contributed by atoms with van der Waals surface area (Å²) in [5, 5.41) is 6.59. The first-order valence-corrected chi connectivity index (χ1v) is 8.39. The van der Waals surface area contributed by atoms with Gasteiger partial charge >= 0.3 is 0 Å². The maximum absolute atomic E-state index is 5.58. The number of halogens is 1. The predicted octanol–water partition coefficient (Wildman–Crippen LogP) is 3.43. The van der Waals surface area contributed by atoms with Crippen molar-refractivity contribution >= 4 is 29.9 Å². The lowest BCUT2D eigenvalue weighted by Gasteiger charge is -2.12. The van der Waals surface area contributed by atoms with Crippen LogP contribution in [0.3, 0.4) is 0 Å². The molecule has 1 aromatic rings. The van der Waals surface area contributed by atoms with E-state index >= 15 is 0 Å². The molecule has 1 aromatic carbocycles. The monoisotopic (exact) mass is 449 g/mol. The minimum atomic E-state index is 0.